The number of halogens is 2. The summed E-state index contributed by atoms with van der Waals surface area (Å²) in [5.41, 5.74) is 0.251. The number of rotatable bonds is 1. The van der Waals surface area contributed by atoms with E-state index in [0.29, 0.717) is 15.9 Å². The highest BCUT2D eigenvalue weighted by Crippen LogP contribution is 2.33. The highest BCUT2D eigenvalue weighted by molar-refractivity contribution is 6.40. The lowest BCUT2D eigenvalue weighted by atomic mass is 10.2. The van der Waals surface area contributed by atoms with Crippen LogP contribution in [0.2, 0.25) is 10.0 Å². The van der Waals surface area contributed by atoms with Crippen LogP contribution in [-0.4, -0.2) is 9.91 Å². The lowest BCUT2D eigenvalue weighted by molar-refractivity contribution is -0.384. The Kier molecular flexibility index (Phi) is 2.46. The Bertz CT molecular complexity index is 557. The Balaban J connectivity index is 2.86. The van der Waals surface area contributed by atoms with Crippen molar-refractivity contribution >= 4 is 39.8 Å². The fourth-order valence-corrected chi connectivity index (χ4v) is 1.76. The van der Waals surface area contributed by atoms with E-state index in [9.17, 15) is 10.1 Å². The lowest BCUT2D eigenvalue weighted by Crippen LogP contribution is -1.92. The zero-order valence-electron chi connectivity index (χ0n) is 7.28. The van der Waals surface area contributed by atoms with Gasteiger partial charge in [-0.2, -0.15) is 0 Å². The number of aromatic nitrogens is 1. The van der Waals surface area contributed by atoms with Gasteiger partial charge in [-0.05, 0) is 6.07 Å². The fraction of sp³-hybridized carbons (Fsp3) is 0. The third kappa shape index (κ3) is 1.62. The van der Waals surface area contributed by atoms with Crippen molar-refractivity contribution in [3.63, 3.8) is 0 Å². The Morgan fingerprint density at radius 1 is 1.33 bits per heavy atom. The quantitative estimate of drug-likeness (QED) is 0.569. The molecule has 0 aliphatic rings. The summed E-state index contributed by atoms with van der Waals surface area (Å²) in [6, 6.07) is 4.96. The van der Waals surface area contributed by atoms with Crippen LogP contribution >= 0.6 is 23.2 Å². The molecule has 15 heavy (non-hydrogen) atoms. The molecule has 0 aliphatic carbocycles. The van der Waals surface area contributed by atoms with Crippen molar-refractivity contribution in [1.82, 2.24) is 4.98 Å². The number of hydrogen-bond donors (Lipinski definition) is 0. The standard InChI is InChI=1S/C9H4Cl2N2O2/c10-6-3-1-2-5-8(11)7(13(14)15)4-12-9(5)6/h1-4H. The van der Waals surface area contributed by atoms with Crippen molar-refractivity contribution in [3.8, 4) is 0 Å². The summed E-state index contributed by atoms with van der Waals surface area (Å²) in [6.07, 6.45) is 1.11. The Labute approximate surface area is 94.6 Å². The van der Waals surface area contributed by atoms with Gasteiger partial charge in [-0.1, -0.05) is 35.3 Å². The van der Waals surface area contributed by atoms with Gasteiger partial charge >= 0.3 is 5.69 Å². The van der Waals surface area contributed by atoms with Gasteiger partial charge in [-0.15, -0.1) is 0 Å². The van der Waals surface area contributed by atoms with E-state index in [4.69, 9.17) is 23.2 Å². The van der Waals surface area contributed by atoms with Crippen LogP contribution < -0.4 is 0 Å². The smallest absolute Gasteiger partial charge is 0.258 e. The minimum atomic E-state index is -0.574. The largest absolute Gasteiger partial charge is 0.306 e. The average Bonchev–Trinajstić information content (AvgIpc) is 2.19. The monoisotopic (exact) mass is 242 g/mol. The predicted molar refractivity (Wildman–Crippen MR) is 58.4 cm³/mol. The topological polar surface area (TPSA) is 56.0 Å². The first-order chi connectivity index (χ1) is 7.11. The van der Waals surface area contributed by atoms with Crippen molar-refractivity contribution in [3.05, 3.63) is 44.6 Å². The Hall–Kier alpha value is -1.39. The fourth-order valence-electron chi connectivity index (χ4n) is 1.27. The molecule has 0 aliphatic heterocycles. The molecule has 2 aromatic rings. The molecule has 4 nitrogen and oxygen atoms in total. The van der Waals surface area contributed by atoms with E-state index in [1.807, 2.05) is 0 Å². The van der Waals surface area contributed by atoms with Crippen molar-refractivity contribution in [2.45, 2.75) is 0 Å². The predicted octanol–water partition coefficient (Wildman–Crippen LogP) is 3.45. The number of fused-ring (bicyclic) bond motifs is 1. The SMILES string of the molecule is O=[N+]([O-])c1cnc2c(Cl)cccc2c1Cl. The summed E-state index contributed by atoms with van der Waals surface area (Å²) in [7, 11) is 0. The normalized spacial score (nSPS) is 10.5. The molecule has 0 bridgehead atoms. The van der Waals surface area contributed by atoms with E-state index in [1.54, 1.807) is 18.2 Å². The Morgan fingerprint density at radius 3 is 2.73 bits per heavy atom. The number of para-hydroxylation sites is 1. The summed E-state index contributed by atoms with van der Waals surface area (Å²) in [5.74, 6) is 0. The molecule has 6 heteroatoms. The van der Waals surface area contributed by atoms with Crippen molar-refractivity contribution in [2.24, 2.45) is 0 Å². The van der Waals surface area contributed by atoms with E-state index in [2.05, 4.69) is 4.98 Å². The number of nitro groups is 1. The maximum Gasteiger partial charge on any atom is 0.306 e. The van der Waals surface area contributed by atoms with Gasteiger partial charge in [0.15, 0.2) is 0 Å². The molecule has 0 radical (unpaired) electrons. The minimum absolute atomic E-state index is 0.0625. The van der Waals surface area contributed by atoms with E-state index < -0.39 is 4.92 Å². The minimum Gasteiger partial charge on any atom is -0.258 e. The second-order valence-electron chi connectivity index (χ2n) is 2.85. The highest BCUT2D eigenvalue weighted by atomic mass is 35.5. The molecule has 0 atom stereocenters. The Morgan fingerprint density at radius 2 is 2.07 bits per heavy atom. The first-order valence-corrected chi connectivity index (χ1v) is 4.74. The van der Waals surface area contributed by atoms with E-state index in [0.717, 1.165) is 6.20 Å². The van der Waals surface area contributed by atoms with E-state index in [-0.39, 0.29) is 10.7 Å². The molecule has 0 N–H and O–H groups in total. The van der Waals surface area contributed by atoms with Crippen molar-refractivity contribution in [2.75, 3.05) is 0 Å². The van der Waals surface area contributed by atoms with Crippen LogP contribution in [0.25, 0.3) is 10.9 Å². The maximum atomic E-state index is 10.6. The van der Waals surface area contributed by atoms with E-state index >= 15 is 0 Å². The van der Waals surface area contributed by atoms with Crippen LogP contribution in [0.4, 0.5) is 5.69 Å². The van der Waals surface area contributed by atoms with Crippen LogP contribution in [0.3, 0.4) is 0 Å². The molecule has 0 saturated heterocycles. The molecular formula is C9H4Cl2N2O2. The summed E-state index contributed by atoms with van der Waals surface area (Å²) in [4.78, 5) is 13.9. The van der Waals surface area contributed by atoms with Gasteiger partial charge in [0.05, 0.1) is 15.5 Å². The molecule has 0 spiro atoms. The molecule has 76 valence electrons. The van der Waals surface area contributed by atoms with Crippen LogP contribution in [0.5, 0.6) is 0 Å². The number of pyridine rings is 1. The lowest BCUT2D eigenvalue weighted by Gasteiger charge is -2.01. The summed E-state index contributed by atoms with van der Waals surface area (Å²) in [5, 5.41) is 11.6. The zero-order chi connectivity index (χ0) is 11.0. The third-order valence-corrected chi connectivity index (χ3v) is 2.66. The zero-order valence-corrected chi connectivity index (χ0v) is 8.79. The molecule has 0 amide bonds. The molecule has 0 unspecified atom stereocenters. The number of hydrogen-bond acceptors (Lipinski definition) is 3. The highest BCUT2D eigenvalue weighted by Gasteiger charge is 2.16. The van der Waals surface area contributed by atoms with Crippen LogP contribution in [0.1, 0.15) is 0 Å². The molecule has 1 aromatic carbocycles. The van der Waals surface area contributed by atoms with Gasteiger partial charge in [0.1, 0.15) is 11.2 Å². The number of benzene rings is 1. The first kappa shape index (κ1) is 10.1. The summed E-state index contributed by atoms with van der Waals surface area (Å²) >= 11 is 11.7. The van der Waals surface area contributed by atoms with Gasteiger partial charge in [-0.3, -0.25) is 10.1 Å². The molecular weight excluding hydrogens is 239 g/mol. The maximum absolute atomic E-state index is 10.6. The van der Waals surface area contributed by atoms with Gasteiger partial charge in [0.25, 0.3) is 0 Å². The van der Waals surface area contributed by atoms with E-state index in [1.165, 1.54) is 0 Å². The first-order valence-electron chi connectivity index (χ1n) is 3.98. The molecule has 0 saturated carbocycles. The van der Waals surface area contributed by atoms with Gasteiger partial charge in [0, 0.05) is 5.39 Å². The summed E-state index contributed by atoms with van der Waals surface area (Å²) < 4.78 is 0. The van der Waals surface area contributed by atoms with Crippen LogP contribution in [-0.2, 0) is 0 Å². The van der Waals surface area contributed by atoms with Gasteiger partial charge in [0.2, 0.25) is 0 Å². The van der Waals surface area contributed by atoms with Crippen LogP contribution in [0.15, 0.2) is 24.4 Å². The molecule has 2 rings (SSSR count). The van der Waals surface area contributed by atoms with Crippen molar-refractivity contribution < 1.29 is 4.92 Å². The van der Waals surface area contributed by atoms with Crippen LogP contribution in [0, 0.1) is 10.1 Å². The molecule has 0 fully saturated rings. The molecule has 1 aromatic heterocycles. The van der Waals surface area contributed by atoms with Gasteiger partial charge < -0.3 is 0 Å². The van der Waals surface area contributed by atoms with Gasteiger partial charge in [-0.25, -0.2) is 4.98 Å². The second kappa shape index (κ2) is 3.64. The number of nitrogens with zero attached hydrogens (tertiary/aromatic N) is 2. The average molecular weight is 243 g/mol. The van der Waals surface area contributed by atoms with Crippen molar-refractivity contribution in [1.29, 1.82) is 0 Å². The summed E-state index contributed by atoms with van der Waals surface area (Å²) in [6.45, 7) is 0. The second-order valence-corrected chi connectivity index (χ2v) is 3.64. The third-order valence-electron chi connectivity index (χ3n) is 1.96. The molecule has 1 heterocycles.